The second-order valence-electron chi connectivity index (χ2n) is 11.9. The number of aryl methyl sites for hydroxylation is 2. The minimum Gasteiger partial charge on any atom is -0.390 e. The number of fused-ring (bicyclic) bond motifs is 2. The second-order valence-corrected chi connectivity index (χ2v) is 11.9. The number of aromatic amines is 4. The zero-order chi connectivity index (χ0) is 38.1. The molecule has 0 aliphatic rings. The van der Waals surface area contributed by atoms with E-state index in [1.807, 2.05) is 9.97 Å². The largest absolute Gasteiger partial charge is 0.391 e. The smallest absolute Gasteiger partial charge is 0.390 e. The third kappa shape index (κ3) is 8.23. The Bertz CT molecular complexity index is 2270. The van der Waals surface area contributed by atoms with E-state index >= 15 is 0 Å². The van der Waals surface area contributed by atoms with E-state index in [4.69, 9.17) is 0 Å². The van der Waals surface area contributed by atoms with Crippen LogP contribution in [0.15, 0.2) is 67.7 Å². The van der Waals surface area contributed by atoms with E-state index in [9.17, 15) is 55.7 Å². The van der Waals surface area contributed by atoms with Crippen LogP contribution in [-0.2, 0) is 13.2 Å². The second kappa shape index (κ2) is 14.5. The fourth-order valence-corrected chi connectivity index (χ4v) is 5.67. The van der Waals surface area contributed by atoms with Crippen molar-refractivity contribution in [3.05, 3.63) is 124 Å². The summed E-state index contributed by atoms with van der Waals surface area (Å²) in [4.78, 5) is 55.8. The topological polar surface area (TPSA) is 208 Å². The summed E-state index contributed by atoms with van der Waals surface area (Å²) < 4.78 is 80.9. The summed E-state index contributed by atoms with van der Waals surface area (Å²) in [7, 11) is 0. The number of alkyl halides is 6. The molecule has 2 atom stereocenters. The van der Waals surface area contributed by atoms with Crippen LogP contribution in [0, 0.1) is 13.8 Å². The lowest BCUT2D eigenvalue weighted by atomic mass is 10.0. The number of rotatable bonds is 8. The highest BCUT2D eigenvalue weighted by atomic mass is 19.4. The molecule has 0 aliphatic heterocycles. The van der Waals surface area contributed by atoms with Crippen molar-refractivity contribution in [3.63, 3.8) is 0 Å². The number of aliphatic hydroxyl groups is 2. The van der Waals surface area contributed by atoms with E-state index in [1.54, 1.807) is 38.1 Å². The van der Waals surface area contributed by atoms with E-state index in [0.29, 0.717) is 11.1 Å². The number of aromatic nitrogens is 8. The molecule has 0 amide bonds. The highest BCUT2D eigenvalue weighted by Gasteiger charge is 2.37. The Morgan fingerprint density at radius 1 is 0.596 bits per heavy atom. The summed E-state index contributed by atoms with van der Waals surface area (Å²) in [5, 5.41) is 26.5. The number of H-pyrrole nitrogens is 4. The van der Waals surface area contributed by atoms with E-state index < -0.39 is 73.0 Å². The van der Waals surface area contributed by atoms with Gasteiger partial charge >= 0.3 is 23.7 Å². The first kappa shape index (κ1) is 37.5. The standard InChI is InChI=1S/2C16H15F3N4O3/c2*1-8-2-4-9(5-3-8)11(6-16(17,18)19)23-13-12(10(7-24)22-23)14(25)21-15(26)20-13/h2*2-5,11,24H,6-7H2,1H3,(H2,20,21,25,26)/t2*11-/m10/s1. The molecule has 0 saturated carbocycles. The average Bonchev–Trinajstić information content (AvgIpc) is 3.61. The van der Waals surface area contributed by atoms with Crippen LogP contribution in [0.25, 0.3) is 22.1 Å². The molecule has 2 aromatic carbocycles. The Labute approximate surface area is 286 Å². The summed E-state index contributed by atoms with van der Waals surface area (Å²) in [6.45, 7) is 2.27. The molecule has 0 saturated heterocycles. The van der Waals surface area contributed by atoms with Gasteiger partial charge in [0, 0.05) is 0 Å². The van der Waals surface area contributed by atoms with Gasteiger partial charge in [-0.15, -0.1) is 0 Å². The van der Waals surface area contributed by atoms with E-state index in [2.05, 4.69) is 20.2 Å². The van der Waals surface area contributed by atoms with Gasteiger partial charge in [0.15, 0.2) is 0 Å². The highest BCUT2D eigenvalue weighted by Crippen LogP contribution is 2.35. The minimum absolute atomic E-state index is 0.114. The molecule has 0 radical (unpaired) electrons. The Kier molecular flexibility index (Phi) is 10.4. The molecular formula is C32H30F6N8O6. The van der Waals surface area contributed by atoms with Gasteiger partial charge < -0.3 is 10.2 Å². The Morgan fingerprint density at radius 3 is 1.21 bits per heavy atom. The van der Waals surface area contributed by atoms with Gasteiger partial charge in [-0.2, -0.15) is 36.5 Å². The van der Waals surface area contributed by atoms with Crippen LogP contribution >= 0.6 is 0 Å². The molecule has 20 heteroatoms. The molecule has 0 unspecified atom stereocenters. The lowest BCUT2D eigenvalue weighted by Gasteiger charge is -2.20. The number of aliphatic hydroxyl groups excluding tert-OH is 2. The lowest BCUT2D eigenvalue weighted by molar-refractivity contribution is -0.141. The predicted molar refractivity (Wildman–Crippen MR) is 174 cm³/mol. The summed E-state index contributed by atoms with van der Waals surface area (Å²) in [5.74, 6) is 0. The predicted octanol–water partition coefficient (Wildman–Crippen LogP) is 3.51. The van der Waals surface area contributed by atoms with Gasteiger partial charge in [-0.25, -0.2) is 19.0 Å². The van der Waals surface area contributed by atoms with Crippen molar-refractivity contribution in [2.24, 2.45) is 0 Å². The van der Waals surface area contributed by atoms with Gasteiger partial charge in [0.2, 0.25) is 0 Å². The quantitative estimate of drug-likeness (QED) is 0.127. The fraction of sp³-hybridized carbons (Fsp3) is 0.312. The third-order valence-electron chi connectivity index (χ3n) is 8.00. The summed E-state index contributed by atoms with van der Waals surface area (Å²) in [6.07, 6.45) is -11.6. The SMILES string of the molecule is Cc1ccc([C@@H](CC(F)(F)F)n2nc(CO)c3c(=O)[nH]c(=O)[nH]c32)cc1.Cc1ccc([C@H](CC(F)(F)F)n2nc(CO)c3c(=O)[nH]c(=O)[nH]c32)cc1. The maximum Gasteiger partial charge on any atom is 0.391 e. The molecule has 0 spiro atoms. The van der Waals surface area contributed by atoms with Crippen molar-refractivity contribution in [1.29, 1.82) is 0 Å². The molecule has 0 aliphatic carbocycles. The molecule has 4 aromatic heterocycles. The Hall–Kier alpha value is -5.76. The van der Waals surface area contributed by atoms with Crippen LogP contribution in [0.4, 0.5) is 26.3 Å². The summed E-state index contributed by atoms with van der Waals surface area (Å²) in [6, 6.07) is 10.1. The Morgan fingerprint density at radius 2 is 0.923 bits per heavy atom. The van der Waals surface area contributed by atoms with Crippen molar-refractivity contribution in [1.82, 2.24) is 39.5 Å². The monoisotopic (exact) mass is 736 g/mol. The van der Waals surface area contributed by atoms with Crippen LogP contribution in [0.1, 0.15) is 58.6 Å². The maximum absolute atomic E-state index is 13.2. The van der Waals surface area contributed by atoms with Gasteiger partial charge in [-0.3, -0.25) is 29.5 Å². The molecule has 276 valence electrons. The maximum atomic E-state index is 13.2. The van der Waals surface area contributed by atoms with Crippen molar-refractivity contribution >= 4 is 22.1 Å². The molecule has 4 heterocycles. The number of nitrogens with zero attached hydrogens (tertiary/aromatic N) is 4. The van der Waals surface area contributed by atoms with Crippen LogP contribution in [-0.4, -0.2) is 62.1 Å². The van der Waals surface area contributed by atoms with Crippen LogP contribution in [0.2, 0.25) is 0 Å². The lowest BCUT2D eigenvalue weighted by Crippen LogP contribution is -2.25. The normalized spacial score (nSPS) is 13.3. The van der Waals surface area contributed by atoms with Crippen molar-refractivity contribution in [3.8, 4) is 0 Å². The van der Waals surface area contributed by atoms with Gasteiger partial charge in [0.1, 0.15) is 33.5 Å². The van der Waals surface area contributed by atoms with Crippen molar-refractivity contribution in [2.45, 2.75) is 64.3 Å². The first-order chi connectivity index (χ1) is 24.4. The molecule has 0 fully saturated rings. The van der Waals surface area contributed by atoms with Crippen molar-refractivity contribution in [2.75, 3.05) is 0 Å². The first-order valence-corrected chi connectivity index (χ1v) is 15.3. The number of hydrogen-bond donors (Lipinski definition) is 6. The van der Waals surface area contributed by atoms with E-state index in [0.717, 1.165) is 20.5 Å². The van der Waals surface area contributed by atoms with Crippen molar-refractivity contribution < 1.29 is 36.6 Å². The number of benzene rings is 2. The number of halogens is 6. The van der Waals surface area contributed by atoms with Gasteiger partial charge in [0.25, 0.3) is 11.1 Å². The molecular weight excluding hydrogens is 706 g/mol. The molecule has 6 N–H and O–H groups in total. The summed E-state index contributed by atoms with van der Waals surface area (Å²) >= 11 is 0. The van der Waals surface area contributed by atoms with Gasteiger partial charge in [-0.1, -0.05) is 59.7 Å². The zero-order valence-corrected chi connectivity index (χ0v) is 27.2. The molecule has 6 aromatic rings. The number of hydrogen-bond acceptors (Lipinski definition) is 8. The van der Waals surface area contributed by atoms with E-state index in [1.165, 1.54) is 24.3 Å². The van der Waals surface area contributed by atoms with Gasteiger partial charge in [0.05, 0.1) is 38.1 Å². The number of nitrogens with one attached hydrogen (secondary N) is 4. The molecule has 6 rings (SSSR count). The molecule has 52 heavy (non-hydrogen) atoms. The minimum atomic E-state index is -4.52. The highest BCUT2D eigenvalue weighted by molar-refractivity contribution is 5.78. The van der Waals surface area contributed by atoms with Crippen LogP contribution < -0.4 is 22.5 Å². The van der Waals surface area contributed by atoms with Crippen LogP contribution in [0.5, 0.6) is 0 Å². The molecule has 14 nitrogen and oxygen atoms in total. The van der Waals surface area contributed by atoms with Gasteiger partial charge in [-0.05, 0) is 25.0 Å². The average molecular weight is 737 g/mol. The third-order valence-corrected chi connectivity index (χ3v) is 8.00. The summed E-state index contributed by atoms with van der Waals surface area (Å²) in [5.41, 5.74) is -1.61. The zero-order valence-electron chi connectivity index (χ0n) is 27.2. The van der Waals surface area contributed by atoms with E-state index in [-0.39, 0.29) is 33.5 Å². The first-order valence-electron chi connectivity index (χ1n) is 15.3. The Balaban J connectivity index is 0.000000201. The molecule has 0 bridgehead atoms. The van der Waals surface area contributed by atoms with Crippen LogP contribution in [0.3, 0.4) is 0 Å². The fourth-order valence-electron chi connectivity index (χ4n) is 5.67.